The standard InChI is InChI=1S/C26H39NO2/c1-26-15-14-22-21-11-9-20(29-17-7-5-4-6-16-27(2)3)18-19(21)8-10-23(22)24(26)12-13-25(26)28/h9,11,18,22-24H,4-8,10,12-17H2,1-3H3. The Kier molecular flexibility index (Phi) is 6.34. The summed E-state index contributed by atoms with van der Waals surface area (Å²) >= 11 is 0. The third-order valence-electron chi connectivity index (χ3n) is 8.18. The Morgan fingerprint density at radius 1 is 1.07 bits per heavy atom. The lowest BCUT2D eigenvalue weighted by Crippen LogP contribution is -2.42. The fourth-order valence-electron chi connectivity index (χ4n) is 6.49. The van der Waals surface area contributed by atoms with Crippen LogP contribution in [0.3, 0.4) is 0 Å². The molecule has 3 heteroatoms. The van der Waals surface area contributed by atoms with E-state index in [2.05, 4.69) is 44.1 Å². The summed E-state index contributed by atoms with van der Waals surface area (Å²) in [6, 6.07) is 6.85. The van der Waals surface area contributed by atoms with E-state index < -0.39 is 0 Å². The van der Waals surface area contributed by atoms with Crippen LogP contribution in [0.1, 0.15) is 81.8 Å². The Morgan fingerprint density at radius 3 is 2.72 bits per heavy atom. The predicted octanol–water partition coefficient (Wildman–Crippen LogP) is 5.61. The number of Topliss-reactive ketones (excluding diaryl/α,β-unsaturated/α-hetero) is 1. The van der Waals surface area contributed by atoms with Crippen molar-refractivity contribution in [3.63, 3.8) is 0 Å². The van der Waals surface area contributed by atoms with Crippen molar-refractivity contribution in [3.8, 4) is 5.75 Å². The maximum Gasteiger partial charge on any atom is 0.139 e. The molecule has 0 aromatic heterocycles. The summed E-state index contributed by atoms with van der Waals surface area (Å²) < 4.78 is 6.08. The van der Waals surface area contributed by atoms with Crippen molar-refractivity contribution in [3.05, 3.63) is 29.3 Å². The lowest BCUT2D eigenvalue weighted by Gasteiger charge is -2.48. The minimum Gasteiger partial charge on any atom is -0.494 e. The van der Waals surface area contributed by atoms with Crippen LogP contribution in [-0.2, 0) is 11.2 Å². The average Bonchev–Trinajstić information content (AvgIpc) is 3.01. The fraction of sp³-hybridized carbons (Fsp3) is 0.731. The van der Waals surface area contributed by atoms with Gasteiger partial charge in [-0.15, -0.1) is 0 Å². The van der Waals surface area contributed by atoms with Crippen molar-refractivity contribution >= 4 is 5.78 Å². The zero-order valence-electron chi connectivity index (χ0n) is 18.7. The Morgan fingerprint density at radius 2 is 1.90 bits per heavy atom. The molecular weight excluding hydrogens is 358 g/mol. The van der Waals surface area contributed by atoms with Crippen LogP contribution < -0.4 is 4.74 Å². The van der Waals surface area contributed by atoms with Crippen LogP contribution in [0, 0.1) is 17.3 Å². The van der Waals surface area contributed by atoms with Crippen LogP contribution in [0.25, 0.3) is 0 Å². The lowest BCUT2D eigenvalue weighted by molar-refractivity contribution is -0.129. The molecule has 0 radical (unpaired) electrons. The van der Waals surface area contributed by atoms with Crippen LogP contribution in [0.2, 0.25) is 0 Å². The number of ether oxygens (including phenoxy) is 1. The van der Waals surface area contributed by atoms with E-state index in [-0.39, 0.29) is 5.41 Å². The highest BCUT2D eigenvalue weighted by Gasteiger charge is 2.54. The third-order valence-corrected chi connectivity index (χ3v) is 8.18. The summed E-state index contributed by atoms with van der Waals surface area (Å²) in [6.07, 6.45) is 11.6. The van der Waals surface area contributed by atoms with E-state index in [0.29, 0.717) is 23.5 Å². The number of ketones is 1. The molecule has 0 heterocycles. The smallest absolute Gasteiger partial charge is 0.139 e. The first-order valence-electron chi connectivity index (χ1n) is 11.9. The third kappa shape index (κ3) is 4.26. The summed E-state index contributed by atoms with van der Waals surface area (Å²) in [5.41, 5.74) is 3.04. The molecule has 0 amide bonds. The normalized spacial score (nSPS) is 30.8. The molecule has 3 aliphatic rings. The highest BCUT2D eigenvalue weighted by atomic mass is 16.5. The van der Waals surface area contributed by atoms with E-state index in [1.165, 1.54) is 44.2 Å². The number of benzene rings is 1. The van der Waals surface area contributed by atoms with E-state index >= 15 is 0 Å². The molecule has 3 aliphatic carbocycles. The summed E-state index contributed by atoms with van der Waals surface area (Å²) in [5.74, 6) is 3.57. The first-order chi connectivity index (χ1) is 14.0. The molecule has 4 unspecified atom stereocenters. The van der Waals surface area contributed by atoms with Gasteiger partial charge in [0, 0.05) is 11.8 Å². The molecule has 0 bridgehead atoms. The van der Waals surface area contributed by atoms with Crippen molar-refractivity contribution in [2.75, 3.05) is 27.2 Å². The van der Waals surface area contributed by atoms with E-state index in [9.17, 15) is 4.79 Å². The SMILES string of the molecule is CN(C)CCCCCCOc1ccc2c(c1)CCC1C2CCC2(C)C(=O)CCC12. The first kappa shape index (κ1) is 20.9. The van der Waals surface area contributed by atoms with Crippen LogP contribution in [0.5, 0.6) is 5.75 Å². The topological polar surface area (TPSA) is 29.5 Å². The molecule has 4 rings (SSSR count). The number of carbonyl (C=O) groups excluding carboxylic acids is 1. The number of hydrogen-bond acceptors (Lipinski definition) is 3. The van der Waals surface area contributed by atoms with Gasteiger partial charge in [0.05, 0.1) is 6.61 Å². The van der Waals surface area contributed by atoms with Crippen LogP contribution >= 0.6 is 0 Å². The largest absolute Gasteiger partial charge is 0.494 e. The summed E-state index contributed by atoms with van der Waals surface area (Å²) in [5, 5.41) is 0. The number of hydrogen-bond donors (Lipinski definition) is 0. The summed E-state index contributed by atoms with van der Waals surface area (Å²) in [7, 11) is 4.28. The lowest BCUT2D eigenvalue weighted by atomic mass is 9.55. The monoisotopic (exact) mass is 397 g/mol. The Hall–Kier alpha value is -1.35. The van der Waals surface area contributed by atoms with Gasteiger partial charge in [0.1, 0.15) is 11.5 Å². The number of aryl methyl sites for hydroxylation is 1. The van der Waals surface area contributed by atoms with Gasteiger partial charge < -0.3 is 9.64 Å². The van der Waals surface area contributed by atoms with Crippen molar-refractivity contribution < 1.29 is 9.53 Å². The molecule has 160 valence electrons. The van der Waals surface area contributed by atoms with Gasteiger partial charge in [0.15, 0.2) is 0 Å². The van der Waals surface area contributed by atoms with Crippen molar-refractivity contribution in [1.29, 1.82) is 0 Å². The Bertz CT molecular complexity index is 727. The Labute approximate surface area is 177 Å². The minimum absolute atomic E-state index is 0.0196. The van der Waals surface area contributed by atoms with Gasteiger partial charge in [-0.3, -0.25) is 4.79 Å². The first-order valence-corrected chi connectivity index (χ1v) is 11.9. The summed E-state index contributed by atoms with van der Waals surface area (Å²) in [6.45, 7) is 4.27. The second kappa shape index (κ2) is 8.79. The van der Waals surface area contributed by atoms with E-state index in [1.807, 2.05) is 0 Å². The van der Waals surface area contributed by atoms with Crippen molar-refractivity contribution in [2.45, 2.75) is 77.0 Å². The number of fused-ring (bicyclic) bond motifs is 5. The quantitative estimate of drug-likeness (QED) is 0.534. The highest BCUT2D eigenvalue weighted by molar-refractivity contribution is 5.87. The van der Waals surface area contributed by atoms with Crippen LogP contribution in [-0.4, -0.2) is 37.9 Å². The van der Waals surface area contributed by atoms with Crippen molar-refractivity contribution in [2.24, 2.45) is 17.3 Å². The molecule has 3 nitrogen and oxygen atoms in total. The highest BCUT2D eigenvalue weighted by Crippen LogP contribution is 2.59. The van der Waals surface area contributed by atoms with Gasteiger partial charge in [-0.2, -0.15) is 0 Å². The van der Waals surface area contributed by atoms with Crippen molar-refractivity contribution in [1.82, 2.24) is 4.90 Å². The zero-order chi connectivity index (χ0) is 20.4. The van der Waals surface area contributed by atoms with Crippen LogP contribution in [0.4, 0.5) is 0 Å². The predicted molar refractivity (Wildman–Crippen MR) is 119 cm³/mol. The van der Waals surface area contributed by atoms with E-state index in [1.54, 1.807) is 5.56 Å². The minimum atomic E-state index is -0.0196. The molecule has 0 aliphatic heterocycles. The van der Waals surface area contributed by atoms with Gasteiger partial charge in [0.2, 0.25) is 0 Å². The molecule has 0 N–H and O–H groups in total. The second-order valence-corrected chi connectivity index (χ2v) is 10.3. The summed E-state index contributed by atoms with van der Waals surface area (Å²) in [4.78, 5) is 14.7. The molecule has 0 saturated heterocycles. The maximum atomic E-state index is 12.5. The zero-order valence-corrected chi connectivity index (χ0v) is 18.7. The number of nitrogens with zero attached hydrogens (tertiary/aromatic N) is 1. The number of unbranched alkanes of at least 4 members (excludes halogenated alkanes) is 3. The molecule has 2 fully saturated rings. The average molecular weight is 398 g/mol. The van der Waals surface area contributed by atoms with Gasteiger partial charge in [0.25, 0.3) is 0 Å². The van der Waals surface area contributed by atoms with Crippen LogP contribution in [0.15, 0.2) is 18.2 Å². The van der Waals surface area contributed by atoms with Gasteiger partial charge in [-0.1, -0.05) is 25.8 Å². The molecular formula is C26H39NO2. The number of rotatable bonds is 8. The fourth-order valence-corrected chi connectivity index (χ4v) is 6.49. The van der Waals surface area contributed by atoms with Gasteiger partial charge in [-0.05, 0) is 107 Å². The van der Waals surface area contributed by atoms with Gasteiger partial charge >= 0.3 is 0 Å². The molecule has 4 atom stereocenters. The van der Waals surface area contributed by atoms with Gasteiger partial charge in [-0.25, -0.2) is 0 Å². The molecule has 1 aromatic rings. The molecule has 0 spiro atoms. The number of carbonyl (C=O) groups is 1. The molecule has 2 saturated carbocycles. The maximum absolute atomic E-state index is 12.5. The van der Waals surface area contributed by atoms with E-state index in [4.69, 9.17) is 4.74 Å². The Balaban J connectivity index is 1.31. The second-order valence-electron chi connectivity index (χ2n) is 10.3. The molecule has 29 heavy (non-hydrogen) atoms. The van der Waals surface area contributed by atoms with E-state index in [0.717, 1.165) is 44.5 Å². The molecule has 1 aromatic carbocycles.